The molecule has 2 aromatic carbocycles. The van der Waals surface area contributed by atoms with Crippen molar-refractivity contribution in [2.45, 2.75) is 42.2 Å². The fourth-order valence-corrected chi connectivity index (χ4v) is 3.65. The van der Waals surface area contributed by atoms with Gasteiger partial charge in [-0.1, -0.05) is 49.9 Å². The Labute approximate surface area is 153 Å². The Morgan fingerprint density at radius 3 is 2.31 bits per heavy atom. The second-order valence-electron chi connectivity index (χ2n) is 6.00. The number of ketones is 1. The molecule has 0 spiro atoms. The van der Waals surface area contributed by atoms with E-state index in [4.69, 9.17) is 5.11 Å². The molecule has 3 nitrogen and oxygen atoms in total. The van der Waals surface area contributed by atoms with Crippen molar-refractivity contribution in [1.29, 1.82) is 0 Å². The highest BCUT2D eigenvalue weighted by molar-refractivity contribution is 7.99. The first-order valence-electron chi connectivity index (χ1n) is 7.82. The number of halogens is 3. The van der Waals surface area contributed by atoms with E-state index in [0.29, 0.717) is 4.90 Å². The van der Waals surface area contributed by atoms with E-state index in [1.54, 1.807) is 12.1 Å². The third-order valence-corrected chi connectivity index (χ3v) is 4.85. The molecular formula is C19H17F3O3S. The van der Waals surface area contributed by atoms with Crippen LogP contribution in [0, 0.1) is 0 Å². The van der Waals surface area contributed by atoms with Crippen molar-refractivity contribution in [1.82, 2.24) is 0 Å². The number of carbonyl (C=O) groups excluding carboxylic acids is 1. The lowest BCUT2D eigenvalue weighted by atomic mass is 10.0. The summed E-state index contributed by atoms with van der Waals surface area (Å²) in [5, 5.41) is 8.66. The summed E-state index contributed by atoms with van der Waals surface area (Å²) >= 11 is 0.983. The highest BCUT2D eigenvalue weighted by Gasteiger charge is 2.34. The maximum atomic E-state index is 13.5. The van der Waals surface area contributed by atoms with Gasteiger partial charge in [-0.15, -0.1) is 0 Å². The van der Waals surface area contributed by atoms with E-state index in [-0.39, 0.29) is 16.4 Å². The Morgan fingerprint density at radius 1 is 1.08 bits per heavy atom. The third-order valence-electron chi connectivity index (χ3n) is 3.68. The van der Waals surface area contributed by atoms with Crippen molar-refractivity contribution in [3.8, 4) is 0 Å². The molecule has 0 aliphatic carbocycles. The zero-order valence-corrected chi connectivity index (χ0v) is 14.9. The third kappa shape index (κ3) is 4.88. The van der Waals surface area contributed by atoms with Gasteiger partial charge in [0.25, 0.3) is 0 Å². The number of carbonyl (C=O) groups is 2. The molecule has 2 rings (SSSR count). The number of carboxylic acids is 1. The van der Waals surface area contributed by atoms with Crippen LogP contribution in [0.1, 0.15) is 47.7 Å². The highest BCUT2D eigenvalue weighted by atomic mass is 32.2. The van der Waals surface area contributed by atoms with Gasteiger partial charge in [0, 0.05) is 15.4 Å². The number of aliphatic carboxylic acids is 1. The molecule has 0 unspecified atom stereocenters. The Bertz CT molecular complexity index is 829. The number of hydrogen-bond donors (Lipinski definition) is 1. The topological polar surface area (TPSA) is 54.4 Å². The van der Waals surface area contributed by atoms with Gasteiger partial charge in [0.1, 0.15) is 6.42 Å². The number of alkyl halides is 3. The van der Waals surface area contributed by atoms with Crippen LogP contribution in [0.3, 0.4) is 0 Å². The van der Waals surface area contributed by atoms with E-state index in [1.165, 1.54) is 12.1 Å². The smallest absolute Gasteiger partial charge is 0.417 e. The maximum absolute atomic E-state index is 13.5. The molecule has 0 radical (unpaired) electrons. The predicted octanol–water partition coefficient (Wildman–Crippen LogP) is 5.64. The minimum absolute atomic E-state index is 0.0301. The quantitative estimate of drug-likeness (QED) is 0.519. The van der Waals surface area contributed by atoms with Gasteiger partial charge in [-0.2, -0.15) is 13.2 Å². The van der Waals surface area contributed by atoms with Crippen LogP contribution in [0.2, 0.25) is 0 Å². The molecular weight excluding hydrogens is 365 g/mol. The van der Waals surface area contributed by atoms with Crippen molar-refractivity contribution >= 4 is 23.5 Å². The SMILES string of the molecule is CC(C)c1ccccc1Sc1ccc(C(=O)CC(=O)O)cc1C(F)(F)F. The average Bonchev–Trinajstić information content (AvgIpc) is 2.53. The van der Waals surface area contributed by atoms with Crippen LogP contribution in [-0.2, 0) is 11.0 Å². The number of hydrogen-bond acceptors (Lipinski definition) is 3. The molecule has 0 atom stereocenters. The van der Waals surface area contributed by atoms with Crippen LogP contribution >= 0.6 is 11.8 Å². The monoisotopic (exact) mass is 382 g/mol. The van der Waals surface area contributed by atoms with Crippen LogP contribution in [0.15, 0.2) is 52.3 Å². The van der Waals surface area contributed by atoms with Crippen molar-refractivity contribution in [2.24, 2.45) is 0 Å². The molecule has 7 heteroatoms. The van der Waals surface area contributed by atoms with Crippen LogP contribution in [0.25, 0.3) is 0 Å². The first-order valence-corrected chi connectivity index (χ1v) is 8.64. The van der Waals surface area contributed by atoms with E-state index < -0.39 is 29.9 Å². The molecule has 0 saturated heterocycles. The second kappa shape index (κ2) is 7.95. The fraction of sp³-hybridized carbons (Fsp3) is 0.263. The number of rotatable bonds is 6. The normalized spacial score (nSPS) is 11.6. The van der Waals surface area contributed by atoms with E-state index >= 15 is 0 Å². The van der Waals surface area contributed by atoms with E-state index in [9.17, 15) is 22.8 Å². The summed E-state index contributed by atoms with van der Waals surface area (Å²) in [5.41, 5.74) is -0.282. The van der Waals surface area contributed by atoms with E-state index in [0.717, 1.165) is 23.4 Å². The van der Waals surface area contributed by atoms with E-state index in [1.807, 2.05) is 26.0 Å². The molecule has 0 saturated carbocycles. The molecule has 0 aliphatic heterocycles. The Balaban J connectivity index is 2.46. The minimum atomic E-state index is -4.66. The lowest BCUT2D eigenvalue weighted by Gasteiger charge is -2.16. The van der Waals surface area contributed by atoms with Crippen LogP contribution in [0.5, 0.6) is 0 Å². The summed E-state index contributed by atoms with van der Waals surface area (Å²) in [6.45, 7) is 3.91. The van der Waals surface area contributed by atoms with Crippen molar-refractivity contribution in [3.63, 3.8) is 0 Å². The molecule has 0 fully saturated rings. The maximum Gasteiger partial charge on any atom is 0.417 e. The molecule has 0 amide bonds. The predicted molar refractivity (Wildman–Crippen MR) is 92.7 cm³/mol. The lowest BCUT2D eigenvalue weighted by molar-refractivity contribution is -0.139. The summed E-state index contributed by atoms with van der Waals surface area (Å²) in [4.78, 5) is 23.1. The van der Waals surface area contributed by atoms with Gasteiger partial charge < -0.3 is 5.11 Å². The standard InChI is InChI=1S/C19H17F3O3S/c1-11(2)13-5-3-4-6-16(13)26-17-8-7-12(15(23)10-18(24)25)9-14(17)19(20,21)22/h3-9,11H,10H2,1-2H3,(H,24,25). The fourth-order valence-electron chi connectivity index (χ4n) is 2.42. The summed E-state index contributed by atoms with van der Waals surface area (Å²) in [7, 11) is 0. The molecule has 26 heavy (non-hydrogen) atoms. The summed E-state index contributed by atoms with van der Waals surface area (Å²) in [6.07, 6.45) is -5.51. The lowest BCUT2D eigenvalue weighted by Crippen LogP contribution is -2.11. The average molecular weight is 382 g/mol. The molecule has 0 aromatic heterocycles. The second-order valence-corrected chi connectivity index (χ2v) is 7.08. The molecule has 1 N–H and O–H groups in total. The molecule has 0 bridgehead atoms. The van der Waals surface area contributed by atoms with Crippen molar-refractivity contribution in [2.75, 3.05) is 0 Å². The number of Topliss-reactive ketones (excluding diaryl/α,β-unsaturated/α-hetero) is 1. The Kier molecular flexibility index (Phi) is 6.13. The van der Waals surface area contributed by atoms with Gasteiger partial charge in [0.15, 0.2) is 5.78 Å². The number of benzene rings is 2. The van der Waals surface area contributed by atoms with Gasteiger partial charge in [0.2, 0.25) is 0 Å². The van der Waals surface area contributed by atoms with E-state index in [2.05, 4.69) is 0 Å². The minimum Gasteiger partial charge on any atom is -0.481 e. The van der Waals surface area contributed by atoms with Gasteiger partial charge in [-0.25, -0.2) is 0 Å². The zero-order chi connectivity index (χ0) is 19.5. The first kappa shape index (κ1) is 20.0. The first-order chi connectivity index (χ1) is 12.1. The zero-order valence-electron chi connectivity index (χ0n) is 14.1. The summed E-state index contributed by atoms with van der Waals surface area (Å²) < 4.78 is 40.4. The van der Waals surface area contributed by atoms with Gasteiger partial charge >= 0.3 is 12.1 Å². The number of carboxylic acid groups (broad SMARTS) is 1. The van der Waals surface area contributed by atoms with Gasteiger partial charge in [0.05, 0.1) is 5.56 Å². The van der Waals surface area contributed by atoms with Gasteiger partial charge in [-0.05, 0) is 29.7 Å². The molecule has 2 aromatic rings. The Morgan fingerprint density at radius 2 is 1.73 bits per heavy atom. The van der Waals surface area contributed by atoms with Gasteiger partial charge in [-0.3, -0.25) is 9.59 Å². The highest BCUT2D eigenvalue weighted by Crippen LogP contribution is 2.42. The van der Waals surface area contributed by atoms with Crippen molar-refractivity contribution < 1.29 is 27.9 Å². The largest absolute Gasteiger partial charge is 0.481 e. The summed E-state index contributed by atoms with van der Waals surface area (Å²) in [6, 6.07) is 10.4. The van der Waals surface area contributed by atoms with Crippen LogP contribution in [0.4, 0.5) is 13.2 Å². The van der Waals surface area contributed by atoms with Crippen LogP contribution < -0.4 is 0 Å². The molecule has 0 heterocycles. The summed E-state index contributed by atoms with van der Waals surface area (Å²) in [5.74, 6) is -2.10. The molecule has 138 valence electrons. The Hall–Kier alpha value is -2.28. The van der Waals surface area contributed by atoms with Crippen molar-refractivity contribution in [3.05, 3.63) is 59.2 Å². The van der Waals surface area contributed by atoms with Crippen LogP contribution in [-0.4, -0.2) is 16.9 Å². The molecule has 0 aliphatic rings.